The molecule has 1 aliphatic rings. The molecule has 0 spiro atoms. The molecule has 0 aromatic carbocycles. The highest BCUT2D eigenvalue weighted by Gasteiger charge is 2.18. The third-order valence-corrected chi connectivity index (χ3v) is 2.46. The van der Waals surface area contributed by atoms with Gasteiger partial charge in [0.25, 0.3) is 0 Å². The first-order valence-electron chi connectivity index (χ1n) is 5.06. The average molecular weight is 185 g/mol. The Morgan fingerprint density at radius 3 is 2.46 bits per heavy atom. The van der Waals surface area contributed by atoms with Gasteiger partial charge in [0.2, 0.25) is 0 Å². The van der Waals surface area contributed by atoms with Gasteiger partial charge < -0.3 is 4.84 Å². The molecule has 3 nitrogen and oxygen atoms in total. The molecule has 0 aromatic rings. The largest absolute Gasteiger partial charge is 0.368 e. The number of carbonyl (C=O) groups excluding carboxylic acids is 1. The van der Waals surface area contributed by atoms with E-state index >= 15 is 0 Å². The minimum absolute atomic E-state index is 0.0862. The van der Waals surface area contributed by atoms with Gasteiger partial charge in [0, 0.05) is 14.1 Å². The van der Waals surface area contributed by atoms with E-state index in [4.69, 9.17) is 4.84 Å². The van der Waals surface area contributed by atoms with Crippen molar-refractivity contribution in [1.82, 2.24) is 5.06 Å². The Bertz CT molecular complexity index is 162. The molecule has 3 heteroatoms. The molecule has 0 unspecified atom stereocenters. The fourth-order valence-electron chi connectivity index (χ4n) is 1.87. The molecule has 1 aliphatic carbocycles. The summed E-state index contributed by atoms with van der Waals surface area (Å²) in [6.45, 7) is 0. The Hall–Kier alpha value is -0.570. The molecule has 0 saturated heterocycles. The molecule has 0 aliphatic heterocycles. The SMILES string of the molecule is CN(C)OC(=O)CC1CCCCC1. The van der Waals surface area contributed by atoms with Crippen molar-refractivity contribution in [2.45, 2.75) is 38.5 Å². The van der Waals surface area contributed by atoms with Crippen LogP contribution in [-0.4, -0.2) is 25.1 Å². The Morgan fingerprint density at radius 2 is 1.92 bits per heavy atom. The second-order valence-corrected chi connectivity index (χ2v) is 3.98. The molecule has 1 fully saturated rings. The normalized spacial score (nSPS) is 19.0. The van der Waals surface area contributed by atoms with Crippen LogP contribution in [0.25, 0.3) is 0 Å². The maximum absolute atomic E-state index is 11.3. The lowest BCUT2D eigenvalue weighted by atomic mass is 9.87. The van der Waals surface area contributed by atoms with Crippen LogP contribution in [0.15, 0.2) is 0 Å². The molecular formula is C10H19NO2. The van der Waals surface area contributed by atoms with Crippen LogP contribution >= 0.6 is 0 Å². The Labute approximate surface area is 80.0 Å². The van der Waals surface area contributed by atoms with Crippen molar-refractivity contribution in [3.63, 3.8) is 0 Å². The van der Waals surface area contributed by atoms with Crippen molar-refractivity contribution in [3.8, 4) is 0 Å². The quantitative estimate of drug-likeness (QED) is 0.630. The average Bonchev–Trinajstić information content (AvgIpc) is 2.04. The molecule has 0 N–H and O–H groups in total. The van der Waals surface area contributed by atoms with Gasteiger partial charge in [0.1, 0.15) is 0 Å². The van der Waals surface area contributed by atoms with Gasteiger partial charge in [-0.3, -0.25) is 4.79 Å². The van der Waals surface area contributed by atoms with Gasteiger partial charge in [-0.15, -0.1) is 5.06 Å². The van der Waals surface area contributed by atoms with E-state index < -0.39 is 0 Å². The van der Waals surface area contributed by atoms with Crippen molar-refractivity contribution in [3.05, 3.63) is 0 Å². The summed E-state index contributed by atoms with van der Waals surface area (Å²) in [7, 11) is 3.47. The maximum Gasteiger partial charge on any atom is 0.325 e. The summed E-state index contributed by atoms with van der Waals surface area (Å²) in [6, 6.07) is 0. The molecule has 0 aromatic heterocycles. The summed E-state index contributed by atoms with van der Waals surface area (Å²) in [4.78, 5) is 16.2. The first kappa shape index (κ1) is 10.5. The van der Waals surface area contributed by atoms with Gasteiger partial charge in [-0.05, 0) is 18.8 Å². The number of hydrogen-bond donors (Lipinski definition) is 0. The molecule has 0 atom stereocenters. The Kier molecular flexibility index (Phi) is 4.22. The highest BCUT2D eigenvalue weighted by atomic mass is 16.7. The third kappa shape index (κ3) is 4.27. The molecule has 0 radical (unpaired) electrons. The van der Waals surface area contributed by atoms with Crippen LogP contribution in [-0.2, 0) is 9.63 Å². The van der Waals surface area contributed by atoms with E-state index in [1.54, 1.807) is 14.1 Å². The van der Waals surface area contributed by atoms with Gasteiger partial charge in [0.15, 0.2) is 0 Å². The van der Waals surface area contributed by atoms with Gasteiger partial charge in [-0.1, -0.05) is 19.3 Å². The highest BCUT2D eigenvalue weighted by Crippen LogP contribution is 2.26. The van der Waals surface area contributed by atoms with Crippen molar-refractivity contribution < 1.29 is 9.63 Å². The summed E-state index contributed by atoms with van der Waals surface area (Å²) in [6.07, 6.45) is 6.88. The molecule has 0 heterocycles. The van der Waals surface area contributed by atoms with Crippen molar-refractivity contribution >= 4 is 5.97 Å². The molecular weight excluding hydrogens is 166 g/mol. The Morgan fingerprint density at radius 1 is 1.31 bits per heavy atom. The first-order valence-corrected chi connectivity index (χ1v) is 5.06. The second kappa shape index (κ2) is 5.22. The number of rotatable bonds is 3. The molecule has 1 saturated carbocycles. The minimum Gasteiger partial charge on any atom is -0.368 e. The lowest BCUT2D eigenvalue weighted by Crippen LogP contribution is -2.21. The van der Waals surface area contributed by atoms with Crippen molar-refractivity contribution in [1.29, 1.82) is 0 Å². The smallest absolute Gasteiger partial charge is 0.325 e. The van der Waals surface area contributed by atoms with Crippen LogP contribution in [0.1, 0.15) is 38.5 Å². The van der Waals surface area contributed by atoms with E-state index in [1.807, 2.05) is 0 Å². The highest BCUT2D eigenvalue weighted by molar-refractivity contribution is 5.69. The lowest BCUT2D eigenvalue weighted by Gasteiger charge is -2.21. The maximum atomic E-state index is 11.3. The Balaban J connectivity index is 2.18. The van der Waals surface area contributed by atoms with E-state index in [-0.39, 0.29) is 5.97 Å². The zero-order chi connectivity index (χ0) is 9.68. The summed E-state index contributed by atoms with van der Waals surface area (Å²) >= 11 is 0. The molecule has 0 bridgehead atoms. The van der Waals surface area contributed by atoms with E-state index in [2.05, 4.69) is 0 Å². The zero-order valence-electron chi connectivity index (χ0n) is 8.58. The van der Waals surface area contributed by atoms with Gasteiger partial charge >= 0.3 is 5.97 Å². The first-order chi connectivity index (χ1) is 6.18. The minimum atomic E-state index is -0.0862. The monoisotopic (exact) mass is 185 g/mol. The van der Waals surface area contributed by atoms with E-state index in [0.717, 1.165) is 0 Å². The molecule has 76 valence electrons. The van der Waals surface area contributed by atoms with Crippen molar-refractivity contribution in [2.75, 3.05) is 14.1 Å². The van der Waals surface area contributed by atoms with Gasteiger partial charge in [0.05, 0.1) is 6.42 Å². The van der Waals surface area contributed by atoms with E-state index in [9.17, 15) is 4.79 Å². The summed E-state index contributed by atoms with van der Waals surface area (Å²) in [5.74, 6) is 0.484. The van der Waals surface area contributed by atoms with Crippen LogP contribution in [0.3, 0.4) is 0 Å². The standard InChI is InChI=1S/C10H19NO2/c1-11(2)13-10(12)8-9-6-4-3-5-7-9/h9H,3-8H2,1-2H3. The van der Waals surface area contributed by atoms with Crippen LogP contribution in [0, 0.1) is 5.92 Å². The number of hydroxylamine groups is 2. The lowest BCUT2D eigenvalue weighted by molar-refractivity contribution is -0.179. The summed E-state index contributed by atoms with van der Waals surface area (Å²) < 4.78 is 0. The van der Waals surface area contributed by atoms with Gasteiger partial charge in [-0.2, -0.15) is 0 Å². The third-order valence-electron chi connectivity index (χ3n) is 2.46. The fraction of sp³-hybridized carbons (Fsp3) is 0.900. The number of carbonyl (C=O) groups is 1. The van der Waals surface area contributed by atoms with Crippen LogP contribution in [0.2, 0.25) is 0 Å². The second-order valence-electron chi connectivity index (χ2n) is 3.98. The molecule has 13 heavy (non-hydrogen) atoms. The summed E-state index contributed by atoms with van der Waals surface area (Å²) in [5, 5.41) is 1.46. The van der Waals surface area contributed by atoms with Crippen LogP contribution in [0.4, 0.5) is 0 Å². The number of hydrogen-bond acceptors (Lipinski definition) is 3. The number of nitrogens with zero attached hydrogens (tertiary/aromatic N) is 1. The van der Waals surface area contributed by atoms with Gasteiger partial charge in [-0.25, -0.2) is 0 Å². The van der Waals surface area contributed by atoms with Crippen LogP contribution < -0.4 is 0 Å². The van der Waals surface area contributed by atoms with Crippen LogP contribution in [0.5, 0.6) is 0 Å². The summed E-state index contributed by atoms with van der Waals surface area (Å²) in [5.41, 5.74) is 0. The predicted octanol–water partition coefficient (Wildman–Crippen LogP) is 1.98. The topological polar surface area (TPSA) is 29.5 Å². The molecule has 0 amide bonds. The van der Waals surface area contributed by atoms with Crippen molar-refractivity contribution in [2.24, 2.45) is 5.92 Å². The van der Waals surface area contributed by atoms with E-state index in [0.29, 0.717) is 12.3 Å². The zero-order valence-corrected chi connectivity index (χ0v) is 8.58. The fourth-order valence-corrected chi connectivity index (χ4v) is 1.87. The van der Waals surface area contributed by atoms with E-state index in [1.165, 1.54) is 37.2 Å². The predicted molar refractivity (Wildman–Crippen MR) is 51.0 cm³/mol. The molecule has 1 rings (SSSR count).